The zero-order valence-electron chi connectivity index (χ0n) is 22.9. The molecule has 5 aliphatic rings. The first kappa shape index (κ1) is 28.4. The van der Waals surface area contributed by atoms with E-state index in [0.29, 0.717) is 13.0 Å². The van der Waals surface area contributed by atoms with Crippen LogP contribution < -0.4 is 0 Å². The van der Waals surface area contributed by atoms with Gasteiger partial charge in [-0.1, -0.05) is 38.2 Å². The number of aliphatic hydroxyl groups is 3. The van der Waals surface area contributed by atoms with Crippen molar-refractivity contribution in [2.45, 2.75) is 95.3 Å². The first-order valence-corrected chi connectivity index (χ1v) is 13.8. The first-order chi connectivity index (χ1) is 18.4. The number of ether oxygens (including phenoxy) is 5. The molecule has 11 unspecified atom stereocenters. The minimum absolute atomic E-state index is 0.0547. The molecule has 10 nitrogen and oxygen atoms in total. The molecular weight excluding hydrogens is 508 g/mol. The van der Waals surface area contributed by atoms with Gasteiger partial charge in [0.25, 0.3) is 0 Å². The van der Waals surface area contributed by atoms with Gasteiger partial charge in [-0.25, -0.2) is 4.79 Å². The average molecular weight is 549 g/mol. The highest BCUT2D eigenvalue weighted by molar-refractivity contribution is 5.82. The van der Waals surface area contributed by atoms with Crippen molar-refractivity contribution in [3.05, 3.63) is 36.0 Å². The molecule has 0 aromatic carbocycles. The van der Waals surface area contributed by atoms with Gasteiger partial charge < -0.3 is 39.0 Å². The van der Waals surface area contributed by atoms with Gasteiger partial charge in [0, 0.05) is 17.9 Å². The number of esters is 2. The Morgan fingerprint density at radius 1 is 1.13 bits per heavy atom. The van der Waals surface area contributed by atoms with Gasteiger partial charge in [0.15, 0.2) is 0 Å². The second-order valence-corrected chi connectivity index (χ2v) is 12.1. The maximum Gasteiger partial charge on any atom is 0.331 e. The Kier molecular flexibility index (Phi) is 7.58. The molecule has 0 aromatic rings. The number of hydrogen-bond donors (Lipinski definition) is 3. The molecule has 3 heterocycles. The SMILES string of the molecule is CC1=CC2OC3CC4OC(=O)/C=C\C=CC(C(C)O)OCC(O)C(C)CC(=O)OCC2(CC1O)C4(C)C31CO1. The van der Waals surface area contributed by atoms with E-state index in [0.717, 1.165) is 5.57 Å². The van der Waals surface area contributed by atoms with E-state index in [1.165, 1.54) is 12.2 Å². The Balaban J connectivity index is 1.52. The van der Waals surface area contributed by atoms with Gasteiger partial charge in [-0.2, -0.15) is 0 Å². The van der Waals surface area contributed by atoms with Crippen molar-refractivity contribution in [3.63, 3.8) is 0 Å². The third kappa shape index (κ3) is 4.69. The van der Waals surface area contributed by atoms with Crippen molar-refractivity contribution in [2.75, 3.05) is 19.8 Å². The van der Waals surface area contributed by atoms with E-state index in [1.807, 2.05) is 19.9 Å². The van der Waals surface area contributed by atoms with Crippen LogP contribution in [-0.4, -0.2) is 95.4 Å². The lowest BCUT2D eigenvalue weighted by Crippen LogP contribution is -2.68. The molecule has 39 heavy (non-hydrogen) atoms. The lowest BCUT2D eigenvalue weighted by atomic mass is 9.51. The minimum Gasteiger partial charge on any atom is -0.465 e. The van der Waals surface area contributed by atoms with Gasteiger partial charge in [0.1, 0.15) is 24.4 Å². The molecule has 0 amide bonds. The monoisotopic (exact) mass is 548 g/mol. The number of allylic oxidation sites excluding steroid dienone is 2. The molecule has 2 spiro atoms. The number of carbonyl (C=O) groups excluding carboxylic acids is 2. The van der Waals surface area contributed by atoms with Crippen LogP contribution in [0.1, 0.15) is 47.0 Å². The van der Waals surface area contributed by atoms with E-state index in [9.17, 15) is 24.9 Å². The number of epoxide rings is 1. The second kappa shape index (κ2) is 10.4. The summed E-state index contributed by atoms with van der Waals surface area (Å²) in [5.41, 5.74) is -1.66. The van der Waals surface area contributed by atoms with Crippen LogP contribution in [0.15, 0.2) is 36.0 Å². The Bertz CT molecular complexity index is 1060. The highest BCUT2D eigenvalue weighted by atomic mass is 16.6. The average Bonchev–Trinajstić information content (AvgIpc) is 3.65. The molecule has 11 atom stereocenters. The summed E-state index contributed by atoms with van der Waals surface area (Å²) in [6.45, 7) is 7.40. The summed E-state index contributed by atoms with van der Waals surface area (Å²) in [5.74, 6) is -1.53. The van der Waals surface area contributed by atoms with Gasteiger partial charge in [-0.15, -0.1) is 0 Å². The van der Waals surface area contributed by atoms with Gasteiger partial charge in [-0.05, 0) is 31.8 Å². The summed E-state index contributed by atoms with van der Waals surface area (Å²) in [6, 6.07) is 0. The normalized spacial score (nSPS) is 48.2. The molecule has 5 rings (SSSR count). The van der Waals surface area contributed by atoms with E-state index < -0.39 is 70.9 Å². The molecule has 1 saturated carbocycles. The Labute approximate surface area is 228 Å². The van der Waals surface area contributed by atoms with Crippen LogP contribution in [-0.2, 0) is 33.3 Å². The van der Waals surface area contributed by atoms with Crippen molar-refractivity contribution in [2.24, 2.45) is 16.7 Å². The molecule has 2 aliphatic carbocycles. The smallest absolute Gasteiger partial charge is 0.331 e. The summed E-state index contributed by atoms with van der Waals surface area (Å²) >= 11 is 0. The minimum atomic E-state index is -0.969. The summed E-state index contributed by atoms with van der Waals surface area (Å²) < 4.78 is 30.2. The van der Waals surface area contributed by atoms with Crippen LogP contribution in [0, 0.1) is 16.7 Å². The Hall–Kier alpha value is -2.08. The number of aliphatic hydroxyl groups excluding tert-OH is 3. The zero-order chi connectivity index (χ0) is 28.2. The predicted molar refractivity (Wildman–Crippen MR) is 137 cm³/mol. The maximum atomic E-state index is 13.1. The number of carbonyl (C=O) groups is 2. The highest BCUT2D eigenvalue weighted by Gasteiger charge is 2.83. The van der Waals surface area contributed by atoms with Crippen LogP contribution in [0.3, 0.4) is 0 Å². The fraction of sp³-hybridized carbons (Fsp3) is 0.724. The van der Waals surface area contributed by atoms with Crippen LogP contribution >= 0.6 is 0 Å². The standard InChI is InChI=1S/C29H40O10/c1-16-9-23-28(12-19(16)31)14-36-26(34)10-17(2)20(32)13-35-21(18(3)30)7-5-6-8-25(33)39-22-11-24(38-23)29(15-37-29)27(22,28)4/h5-9,17-24,30-32H,10-15H2,1-4H3/b7-5?,8-6-. The lowest BCUT2D eigenvalue weighted by Gasteiger charge is -2.58. The van der Waals surface area contributed by atoms with Crippen molar-refractivity contribution in [1.82, 2.24) is 0 Å². The molecule has 0 aromatic heterocycles. The first-order valence-electron chi connectivity index (χ1n) is 13.8. The molecule has 3 fully saturated rings. The Morgan fingerprint density at radius 2 is 1.87 bits per heavy atom. The van der Waals surface area contributed by atoms with E-state index >= 15 is 0 Å². The van der Waals surface area contributed by atoms with E-state index in [1.54, 1.807) is 26.0 Å². The fourth-order valence-electron chi connectivity index (χ4n) is 7.02. The maximum absolute atomic E-state index is 13.1. The predicted octanol–water partition coefficient (Wildman–Crippen LogP) is 1.36. The molecule has 10 heteroatoms. The van der Waals surface area contributed by atoms with Crippen LogP contribution in [0.25, 0.3) is 0 Å². The number of rotatable bonds is 1. The molecule has 216 valence electrons. The van der Waals surface area contributed by atoms with Crippen molar-refractivity contribution in [1.29, 1.82) is 0 Å². The lowest BCUT2D eigenvalue weighted by molar-refractivity contribution is -0.239. The Morgan fingerprint density at radius 3 is 2.56 bits per heavy atom. The van der Waals surface area contributed by atoms with Crippen LogP contribution in [0.4, 0.5) is 0 Å². The fourth-order valence-corrected chi connectivity index (χ4v) is 7.02. The van der Waals surface area contributed by atoms with E-state index in [-0.39, 0.29) is 32.2 Å². The van der Waals surface area contributed by atoms with Gasteiger partial charge >= 0.3 is 11.9 Å². The second-order valence-electron chi connectivity index (χ2n) is 12.1. The molecule has 2 bridgehead atoms. The third-order valence-electron chi connectivity index (χ3n) is 9.79. The van der Waals surface area contributed by atoms with Gasteiger partial charge in [0.05, 0.1) is 55.6 Å². The summed E-state index contributed by atoms with van der Waals surface area (Å²) in [6.07, 6.45) is 3.77. The molecule has 3 N–H and O–H groups in total. The topological polar surface area (TPSA) is 144 Å². The largest absolute Gasteiger partial charge is 0.465 e. The van der Waals surface area contributed by atoms with E-state index in [4.69, 9.17) is 23.7 Å². The van der Waals surface area contributed by atoms with Crippen molar-refractivity contribution < 1.29 is 48.6 Å². The zero-order valence-corrected chi connectivity index (χ0v) is 22.9. The third-order valence-corrected chi connectivity index (χ3v) is 9.79. The molecule has 0 radical (unpaired) electrons. The van der Waals surface area contributed by atoms with E-state index in [2.05, 4.69) is 0 Å². The summed E-state index contributed by atoms with van der Waals surface area (Å²) in [5, 5.41) is 31.7. The van der Waals surface area contributed by atoms with Crippen molar-refractivity contribution in [3.8, 4) is 0 Å². The van der Waals surface area contributed by atoms with Gasteiger partial charge in [-0.3, -0.25) is 4.79 Å². The number of cyclic esters (lactones) is 1. The number of hydrogen-bond acceptors (Lipinski definition) is 10. The quantitative estimate of drug-likeness (QED) is 0.250. The highest BCUT2D eigenvalue weighted by Crippen LogP contribution is 2.72. The van der Waals surface area contributed by atoms with Crippen LogP contribution in [0.2, 0.25) is 0 Å². The van der Waals surface area contributed by atoms with Crippen molar-refractivity contribution >= 4 is 11.9 Å². The van der Waals surface area contributed by atoms with Crippen LogP contribution in [0.5, 0.6) is 0 Å². The summed E-state index contributed by atoms with van der Waals surface area (Å²) in [7, 11) is 0. The molecule has 3 aliphatic heterocycles. The molecular formula is C29H40O10. The van der Waals surface area contributed by atoms with Gasteiger partial charge in [0.2, 0.25) is 0 Å². The molecule has 2 saturated heterocycles. The summed E-state index contributed by atoms with van der Waals surface area (Å²) in [4.78, 5) is 26.0.